The first-order valence-electron chi connectivity index (χ1n) is 14.2. The number of hydrogen-bond acceptors (Lipinski definition) is 4. The molecule has 43 heavy (non-hydrogen) atoms. The number of rotatable bonds is 8. The lowest BCUT2D eigenvalue weighted by Crippen LogP contribution is -2.50. The molecule has 4 aromatic carbocycles. The van der Waals surface area contributed by atoms with E-state index in [2.05, 4.69) is 15.5 Å². The summed E-state index contributed by atoms with van der Waals surface area (Å²) < 4.78 is 14.4. The molecule has 0 atom stereocenters. The molecule has 1 fully saturated rings. The summed E-state index contributed by atoms with van der Waals surface area (Å²) in [6.45, 7) is 4.44. The highest BCUT2D eigenvalue weighted by Gasteiger charge is 2.23. The summed E-state index contributed by atoms with van der Waals surface area (Å²) >= 11 is 0. The first-order chi connectivity index (χ1) is 20.9. The summed E-state index contributed by atoms with van der Waals surface area (Å²) in [5.74, 6) is -1.57. The van der Waals surface area contributed by atoms with E-state index in [9.17, 15) is 18.8 Å². The molecule has 220 valence electrons. The van der Waals surface area contributed by atoms with Crippen molar-refractivity contribution in [1.82, 2.24) is 9.80 Å². The van der Waals surface area contributed by atoms with Crippen LogP contribution in [-0.4, -0.2) is 60.4 Å². The van der Waals surface area contributed by atoms with Gasteiger partial charge in [-0.1, -0.05) is 54.6 Å². The Morgan fingerprint density at radius 2 is 1.47 bits per heavy atom. The van der Waals surface area contributed by atoms with Gasteiger partial charge < -0.3 is 25.3 Å². The summed E-state index contributed by atoms with van der Waals surface area (Å²) in [4.78, 5) is 44.3. The van der Waals surface area contributed by atoms with Gasteiger partial charge in [0.25, 0.3) is 5.91 Å². The molecule has 0 unspecified atom stereocenters. The molecule has 5 rings (SSSR count). The van der Waals surface area contributed by atoms with Crippen LogP contribution < -0.4 is 15.5 Å². The van der Waals surface area contributed by atoms with Gasteiger partial charge in [-0.15, -0.1) is 0 Å². The van der Waals surface area contributed by atoms with Gasteiger partial charge in [0.15, 0.2) is 0 Å². The van der Waals surface area contributed by atoms with Gasteiger partial charge in [-0.25, -0.2) is 9.18 Å². The maximum Gasteiger partial charge on any atom is 0.321 e. The number of halogens is 1. The predicted octanol–water partition coefficient (Wildman–Crippen LogP) is 5.77. The lowest BCUT2D eigenvalue weighted by atomic mass is 10.1. The molecule has 0 saturated carbocycles. The predicted molar refractivity (Wildman–Crippen MR) is 167 cm³/mol. The fraction of sp³-hybridized carbons (Fsp3) is 0.206. The molecule has 0 aromatic heterocycles. The maximum atomic E-state index is 14.4. The summed E-state index contributed by atoms with van der Waals surface area (Å²) in [5.41, 5.74) is 4.19. The normalized spacial score (nSPS) is 12.9. The van der Waals surface area contributed by atoms with Crippen LogP contribution in [0.4, 0.5) is 26.2 Å². The molecule has 1 heterocycles. The minimum absolute atomic E-state index is 0.0803. The average molecular weight is 580 g/mol. The zero-order valence-electron chi connectivity index (χ0n) is 24.0. The van der Waals surface area contributed by atoms with Gasteiger partial charge >= 0.3 is 6.03 Å². The molecule has 0 bridgehead atoms. The number of benzene rings is 4. The molecular formula is C34H34FN5O3. The van der Waals surface area contributed by atoms with E-state index in [1.165, 1.54) is 23.1 Å². The van der Waals surface area contributed by atoms with Crippen LogP contribution >= 0.6 is 0 Å². The van der Waals surface area contributed by atoms with E-state index in [1.54, 1.807) is 11.0 Å². The molecule has 1 saturated heterocycles. The Balaban J connectivity index is 1.16. The number of piperazine rings is 1. The van der Waals surface area contributed by atoms with Crippen molar-refractivity contribution in [3.63, 3.8) is 0 Å². The Hall–Kier alpha value is -5.18. The molecule has 0 radical (unpaired) electrons. The third-order valence-electron chi connectivity index (χ3n) is 7.29. The second-order valence-corrected chi connectivity index (χ2v) is 10.5. The number of amides is 4. The van der Waals surface area contributed by atoms with Crippen molar-refractivity contribution in [2.75, 3.05) is 48.3 Å². The first kappa shape index (κ1) is 29.3. The summed E-state index contributed by atoms with van der Waals surface area (Å²) in [6, 6.07) is 30.1. The van der Waals surface area contributed by atoms with Crippen molar-refractivity contribution in [2.45, 2.75) is 13.5 Å². The number of nitrogens with zero attached hydrogens (tertiary/aromatic N) is 3. The number of urea groups is 1. The lowest BCUT2D eigenvalue weighted by molar-refractivity contribution is -0.117. The molecule has 8 nitrogen and oxygen atoms in total. The molecule has 4 aromatic rings. The lowest BCUT2D eigenvalue weighted by Gasteiger charge is -2.36. The molecule has 1 aliphatic heterocycles. The van der Waals surface area contributed by atoms with Crippen LogP contribution in [0, 0.1) is 12.7 Å². The number of hydrogen-bond donors (Lipinski definition) is 2. The second-order valence-electron chi connectivity index (χ2n) is 10.5. The molecule has 9 heteroatoms. The van der Waals surface area contributed by atoms with Gasteiger partial charge in [0, 0.05) is 49.8 Å². The summed E-state index contributed by atoms with van der Waals surface area (Å²) in [7, 11) is 0. The average Bonchev–Trinajstić information content (AvgIpc) is 3.01. The highest BCUT2D eigenvalue weighted by Crippen LogP contribution is 2.21. The second kappa shape index (κ2) is 13.7. The van der Waals surface area contributed by atoms with Crippen LogP contribution in [-0.2, 0) is 11.3 Å². The van der Waals surface area contributed by atoms with E-state index in [1.807, 2.05) is 85.8 Å². The third kappa shape index (κ3) is 7.77. The van der Waals surface area contributed by atoms with Crippen molar-refractivity contribution < 1.29 is 18.8 Å². The highest BCUT2D eigenvalue weighted by atomic mass is 19.1. The number of carbonyl (C=O) groups is 3. The maximum absolute atomic E-state index is 14.4. The highest BCUT2D eigenvalue weighted by molar-refractivity contribution is 5.99. The van der Waals surface area contributed by atoms with Crippen LogP contribution in [0.3, 0.4) is 0 Å². The zero-order valence-corrected chi connectivity index (χ0v) is 24.0. The molecule has 4 amide bonds. The fourth-order valence-corrected chi connectivity index (χ4v) is 5.03. The van der Waals surface area contributed by atoms with Gasteiger partial charge in [-0.2, -0.15) is 0 Å². The topological polar surface area (TPSA) is 85.0 Å². The van der Waals surface area contributed by atoms with Crippen LogP contribution in [0.2, 0.25) is 0 Å². The Labute approximate surface area is 250 Å². The van der Waals surface area contributed by atoms with Crippen molar-refractivity contribution >= 4 is 34.9 Å². The number of anilines is 3. The van der Waals surface area contributed by atoms with E-state index in [4.69, 9.17) is 0 Å². The van der Waals surface area contributed by atoms with Crippen molar-refractivity contribution in [1.29, 1.82) is 0 Å². The van der Waals surface area contributed by atoms with Gasteiger partial charge in [0.05, 0.1) is 5.56 Å². The molecule has 2 N–H and O–H groups in total. The van der Waals surface area contributed by atoms with Crippen LogP contribution in [0.25, 0.3) is 0 Å². The molecule has 1 aliphatic rings. The molecular weight excluding hydrogens is 545 g/mol. The van der Waals surface area contributed by atoms with Crippen LogP contribution in [0.15, 0.2) is 103 Å². The fourth-order valence-electron chi connectivity index (χ4n) is 5.03. The van der Waals surface area contributed by atoms with E-state index in [-0.39, 0.29) is 30.6 Å². The van der Waals surface area contributed by atoms with Crippen molar-refractivity contribution in [3.8, 4) is 0 Å². The molecule has 0 spiro atoms. The van der Waals surface area contributed by atoms with Crippen LogP contribution in [0.5, 0.6) is 0 Å². The zero-order chi connectivity index (χ0) is 30.2. The van der Waals surface area contributed by atoms with Gasteiger partial charge in [0.1, 0.15) is 12.4 Å². The summed E-state index contributed by atoms with van der Waals surface area (Å²) in [5, 5.41) is 5.82. The Morgan fingerprint density at radius 3 is 2.16 bits per heavy atom. The number of carbonyl (C=O) groups excluding carboxylic acids is 3. The van der Waals surface area contributed by atoms with E-state index < -0.39 is 11.7 Å². The number of nitrogens with one attached hydrogen (secondary N) is 2. The minimum atomic E-state index is -0.630. The van der Waals surface area contributed by atoms with E-state index >= 15 is 0 Å². The van der Waals surface area contributed by atoms with Gasteiger partial charge in [0.2, 0.25) is 5.91 Å². The van der Waals surface area contributed by atoms with Crippen molar-refractivity contribution in [2.24, 2.45) is 0 Å². The Bertz CT molecular complexity index is 1570. The Morgan fingerprint density at radius 1 is 0.767 bits per heavy atom. The monoisotopic (exact) mass is 579 g/mol. The largest absolute Gasteiger partial charge is 0.368 e. The SMILES string of the molecule is Cc1cccc(NC(=O)N2CCN(c3ccc(NC(=O)CN(Cc4ccccc4)C(=O)c4ccccc4F)cc3)CC2)c1. The van der Waals surface area contributed by atoms with E-state index in [0.29, 0.717) is 31.9 Å². The quantitative estimate of drug-likeness (QED) is 0.278. The summed E-state index contributed by atoms with van der Waals surface area (Å²) in [6.07, 6.45) is 0. The third-order valence-corrected chi connectivity index (χ3v) is 7.29. The molecule has 0 aliphatic carbocycles. The van der Waals surface area contributed by atoms with Gasteiger partial charge in [-0.05, 0) is 66.6 Å². The smallest absolute Gasteiger partial charge is 0.321 e. The van der Waals surface area contributed by atoms with Crippen molar-refractivity contribution in [3.05, 3.63) is 126 Å². The standard InChI is InChI=1S/C34H34FN5O3/c1-25-8-7-11-28(22-25)37-34(43)39-20-18-38(19-21-39)29-16-14-27(15-17-29)36-32(41)24-40(23-26-9-3-2-4-10-26)33(42)30-12-5-6-13-31(30)35/h2-17,22H,18-21,23-24H2,1H3,(H,36,41)(H,37,43). The number of aryl methyl sites for hydroxylation is 1. The minimum Gasteiger partial charge on any atom is -0.368 e. The Kier molecular flexibility index (Phi) is 9.31. The first-order valence-corrected chi connectivity index (χ1v) is 14.2. The van der Waals surface area contributed by atoms with Gasteiger partial charge in [-0.3, -0.25) is 9.59 Å². The van der Waals surface area contributed by atoms with Crippen LogP contribution in [0.1, 0.15) is 21.5 Å². The van der Waals surface area contributed by atoms with E-state index in [0.717, 1.165) is 22.5 Å².